The number of fused-ring (bicyclic) bond motifs is 1. The first kappa shape index (κ1) is 14.1. The van der Waals surface area contributed by atoms with Crippen molar-refractivity contribution in [3.8, 4) is 11.3 Å². The third-order valence-electron chi connectivity index (χ3n) is 3.98. The number of pyridine rings is 1. The van der Waals surface area contributed by atoms with E-state index in [4.69, 9.17) is 17.3 Å². The van der Waals surface area contributed by atoms with Gasteiger partial charge in [-0.25, -0.2) is 4.98 Å². The number of hydrogen-bond acceptors (Lipinski definition) is 3. The number of carbonyl (C=O) groups is 1. The van der Waals surface area contributed by atoms with Crippen LogP contribution in [0, 0.1) is 6.92 Å². The van der Waals surface area contributed by atoms with E-state index in [-0.39, 0.29) is 0 Å². The lowest BCUT2D eigenvalue weighted by Gasteiger charge is -2.23. The predicted molar refractivity (Wildman–Crippen MR) is 80.1 cm³/mol. The third kappa shape index (κ3) is 2.13. The van der Waals surface area contributed by atoms with Crippen molar-refractivity contribution < 1.29 is 9.90 Å². The van der Waals surface area contributed by atoms with Crippen molar-refractivity contribution in [2.45, 2.75) is 32.4 Å². The lowest BCUT2D eigenvalue weighted by atomic mass is 10.0. The molecule has 3 N–H and O–H groups in total. The molecule has 2 aromatic rings. The highest BCUT2D eigenvalue weighted by atomic mass is 35.5. The number of aliphatic hydroxyl groups excluding tert-OH is 1. The van der Waals surface area contributed by atoms with E-state index >= 15 is 0 Å². The second-order valence-electron chi connectivity index (χ2n) is 5.25. The van der Waals surface area contributed by atoms with Crippen LogP contribution in [0.1, 0.15) is 40.6 Å². The molecule has 0 saturated carbocycles. The first-order chi connectivity index (χ1) is 10.0. The minimum absolute atomic E-state index is 0.372. The van der Waals surface area contributed by atoms with Gasteiger partial charge < -0.3 is 15.4 Å². The zero-order valence-corrected chi connectivity index (χ0v) is 12.4. The van der Waals surface area contributed by atoms with Crippen LogP contribution in [-0.2, 0) is 6.54 Å². The molecule has 21 heavy (non-hydrogen) atoms. The number of halogens is 1. The maximum Gasteiger partial charge on any atom is 0.250 e. The summed E-state index contributed by atoms with van der Waals surface area (Å²) in [5.74, 6) is -0.525. The van der Waals surface area contributed by atoms with Gasteiger partial charge in [0.15, 0.2) is 0 Å². The van der Waals surface area contributed by atoms with Gasteiger partial charge in [-0.15, -0.1) is 0 Å². The molecule has 3 rings (SSSR count). The van der Waals surface area contributed by atoms with E-state index in [1.165, 1.54) is 0 Å². The average Bonchev–Trinajstić information content (AvgIpc) is 2.73. The summed E-state index contributed by atoms with van der Waals surface area (Å²) in [6.45, 7) is 2.55. The van der Waals surface area contributed by atoms with Crippen LogP contribution >= 0.6 is 11.6 Å². The molecule has 0 radical (unpaired) electrons. The normalized spacial score (nSPS) is 17.6. The molecule has 0 spiro atoms. The fraction of sp³-hybridized carbons (Fsp3) is 0.333. The van der Waals surface area contributed by atoms with Crippen molar-refractivity contribution in [2.75, 3.05) is 0 Å². The van der Waals surface area contributed by atoms with Crippen LogP contribution in [-0.4, -0.2) is 20.6 Å². The molecule has 0 fully saturated rings. The Bertz CT molecular complexity index is 724. The Labute approximate surface area is 127 Å². The molecule has 2 aromatic heterocycles. The Morgan fingerprint density at radius 2 is 2.33 bits per heavy atom. The van der Waals surface area contributed by atoms with E-state index in [2.05, 4.69) is 4.98 Å². The number of nitrogens with two attached hydrogens (primary N) is 1. The molecule has 6 heteroatoms. The largest absolute Gasteiger partial charge is 0.387 e. The Morgan fingerprint density at radius 3 is 3.00 bits per heavy atom. The maximum atomic E-state index is 11.8. The SMILES string of the molecule is Cc1c(C(N)=O)c2n(c1-c1cccnc1Cl)CCCC2O. The fourth-order valence-electron chi connectivity index (χ4n) is 3.15. The average molecular weight is 306 g/mol. The van der Waals surface area contributed by atoms with Gasteiger partial charge in [0.05, 0.1) is 23.1 Å². The summed E-state index contributed by atoms with van der Waals surface area (Å²) in [5.41, 5.74) is 8.83. The number of aliphatic hydroxyl groups is 1. The lowest BCUT2D eigenvalue weighted by Crippen LogP contribution is -2.21. The molecule has 0 saturated heterocycles. The predicted octanol–water partition coefficient (Wildman–Crippen LogP) is 2.44. The number of hydrogen-bond donors (Lipinski definition) is 2. The van der Waals surface area contributed by atoms with Crippen LogP contribution < -0.4 is 5.73 Å². The summed E-state index contributed by atoms with van der Waals surface area (Å²) in [7, 11) is 0. The summed E-state index contributed by atoms with van der Waals surface area (Å²) >= 11 is 6.20. The van der Waals surface area contributed by atoms with Gasteiger partial charge in [-0.05, 0) is 37.5 Å². The molecular weight excluding hydrogens is 290 g/mol. The molecular formula is C15H16ClN3O2. The highest BCUT2D eigenvalue weighted by Crippen LogP contribution is 2.40. The molecule has 1 unspecified atom stereocenters. The van der Waals surface area contributed by atoms with Gasteiger partial charge in [-0.1, -0.05) is 11.6 Å². The van der Waals surface area contributed by atoms with E-state index in [1.807, 2.05) is 17.6 Å². The topological polar surface area (TPSA) is 81.1 Å². The Hall–Kier alpha value is -1.85. The smallest absolute Gasteiger partial charge is 0.250 e. The second-order valence-corrected chi connectivity index (χ2v) is 5.61. The van der Waals surface area contributed by atoms with Gasteiger partial charge in [0.1, 0.15) is 5.15 Å². The number of aromatic nitrogens is 2. The van der Waals surface area contributed by atoms with Crippen LogP contribution in [0.2, 0.25) is 5.15 Å². The summed E-state index contributed by atoms with van der Waals surface area (Å²) in [6, 6.07) is 3.65. The molecule has 5 nitrogen and oxygen atoms in total. The van der Waals surface area contributed by atoms with Crippen molar-refractivity contribution in [1.29, 1.82) is 0 Å². The summed E-state index contributed by atoms with van der Waals surface area (Å²) in [4.78, 5) is 15.9. The molecule has 0 aliphatic carbocycles. The number of nitrogens with zero attached hydrogens (tertiary/aromatic N) is 2. The van der Waals surface area contributed by atoms with Gasteiger partial charge in [0, 0.05) is 18.3 Å². The molecule has 3 heterocycles. The first-order valence-corrected chi connectivity index (χ1v) is 7.22. The van der Waals surface area contributed by atoms with Gasteiger partial charge in [-0.3, -0.25) is 4.79 Å². The number of primary amides is 1. The minimum Gasteiger partial charge on any atom is -0.387 e. The molecule has 1 aliphatic heterocycles. The Balaban J connectivity index is 2.34. The third-order valence-corrected chi connectivity index (χ3v) is 4.28. The van der Waals surface area contributed by atoms with Crippen molar-refractivity contribution >= 4 is 17.5 Å². The lowest BCUT2D eigenvalue weighted by molar-refractivity contribution is 0.0982. The maximum absolute atomic E-state index is 11.8. The highest BCUT2D eigenvalue weighted by Gasteiger charge is 2.31. The van der Waals surface area contributed by atoms with Crippen molar-refractivity contribution in [3.05, 3.63) is 40.3 Å². The Morgan fingerprint density at radius 1 is 1.57 bits per heavy atom. The van der Waals surface area contributed by atoms with Gasteiger partial charge in [-0.2, -0.15) is 0 Å². The molecule has 1 amide bonds. The molecule has 1 aliphatic rings. The van der Waals surface area contributed by atoms with Gasteiger partial charge >= 0.3 is 0 Å². The van der Waals surface area contributed by atoms with Crippen molar-refractivity contribution in [3.63, 3.8) is 0 Å². The zero-order valence-electron chi connectivity index (χ0n) is 11.6. The summed E-state index contributed by atoms with van der Waals surface area (Å²) in [5, 5.41) is 10.6. The first-order valence-electron chi connectivity index (χ1n) is 6.84. The molecule has 0 bridgehead atoms. The second kappa shape index (κ2) is 5.16. The standard InChI is InChI=1S/C15H16ClN3O2/c1-8-11(15(17)21)13-10(20)5-3-7-19(13)12(8)9-4-2-6-18-14(9)16/h2,4,6,10,20H,3,5,7H2,1H3,(H2,17,21). The molecule has 1 atom stereocenters. The monoisotopic (exact) mass is 305 g/mol. The van der Waals surface area contributed by atoms with E-state index < -0.39 is 12.0 Å². The number of carbonyl (C=O) groups excluding carboxylic acids is 1. The van der Waals surface area contributed by atoms with Crippen LogP contribution in [0.3, 0.4) is 0 Å². The quantitative estimate of drug-likeness (QED) is 0.836. The van der Waals surface area contributed by atoms with Crippen LogP contribution in [0.5, 0.6) is 0 Å². The zero-order chi connectivity index (χ0) is 15.1. The minimum atomic E-state index is -0.677. The molecule has 110 valence electrons. The van der Waals surface area contributed by atoms with Gasteiger partial charge in [0.2, 0.25) is 0 Å². The summed E-state index contributed by atoms with van der Waals surface area (Å²) < 4.78 is 1.95. The van der Waals surface area contributed by atoms with Crippen LogP contribution in [0.4, 0.5) is 0 Å². The van der Waals surface area contributed by atoms with E-state index in [1.54, 1.807) is 12.3 Å². The van der Waals surface area contributed by atoms with E-state index in [0.717, 1.165) is 29.8 Å². The van der Waals surface area contributed by atoms with Gasteiger partial charge in [0.25, 0.3) is 5.91 Å². The van der Waals surface area contributed by atoms with Crippen LogP contribution in [0.25, 0.3) is 11.3 Å². The number of amides is 1. The Kier molecular flexibility index (Phi) is 3.47. The fourth-order valence-corrected chi connectivity index (χ4v) is 3.36. The van der Waals surface area contributed by atoms with Crippen molar-refractivity contribution in [1.82, 2.24) is 9.55 Å². The molecule has 0 aromatic carbocycles. The number of rotatable bonds is 2. The van der Waals surface area contributed by atoms with Crippen LogP contribution in [0.15, 0.2) is 18.3 Å². The van der Waals surface area contributed by atoms with E-state index in [9.17, 15) is 9.90 Å². The van der Waals surface area contributed by atoms with Crippen molar-refractivity contribution in [2.24, 2.45) is 5.73 Å². The summed E-state index contributed by atoms with van der Waals surface area (Å²) in [6.07, 6.45) is 2.41. The van der Waals surface area contributed by atoms with E-state index in [0.29, 0.717) is 22.8 Å². The highest BCUT2D eigenvalue weighted by molar-refractivity contribution is 6.32.